The molecule has 0 saturated heterocycles. The van der Waals surface area contributed by atoms with Crippen molar-refractivity contribution in [3.8, 4) is 5.75 Å². The van der Waals surface area contributed by atoms with Gasteiger partial charge >= 0.3 is 5.97 Å². The van der Waals surface area contributed by atoms with Gasteiger partial charge in [0.1, 0.15) is 12.3 Å². The summed E-state index contributed by atoms with van der Waals surface area (Å²) in [6.45, 7) is -0.366. The minimum atomic E-state index is -1.06. The van der Waals surface area contributed by atoms with Gasteiger partial charge in [0.2, 0.25) is 0 Å². The molecule has 1 aliphatic carbocycles. The molecular formula is C14H16ClNO4. The second-order valence-electron chi connectivity index (χ2n) is 4.93. The third-order valence-corrected chi connectivity index (χ3v) is 3.76. The molecule has 0 bridgehead atoms. The van der Waals surface area contributed by atoms with Crippen molar-refractivity contribution < 1.29 is 19.8 Å². The summed E-state index contributed by atoms with van der Waals surface area (Å²) in [6, 6.07) is 4.09. The van der Waals surface area contributed by atoms with E-state index in [9.17, 15) is 14.7 Å². The number of benzene rings is 1. The molecule has 1 saturated carbocycles. The van der Waals surface area contributed by atoms with E-state index in [1.54, 1.807) is 0 Å². The van der Waals surface area contributed by atoms with Gasteiger partial charge in [-0.25, -0.2) is 0 Å². The number of phenols is 1. The van der Waals surface area contributed by atoms with Crippen LogP contribution in [0.3, 0.4) is 0 Å². The Labute approximate surface area is 121 Å². The highest BCUT2D eigenvalue weighted by molar-refractivity contribution is 6.31. The van der Waals surface area contributed by atoms with Crippen LogP contribution < -0.4 is 0 Å². The first-order chi connectivity index (χ1) is 9.49. The molecule has 6 heteroatoms. The highest BCUT2D eigenvalue weighted by Gasteiger charge is 2.30. The number of carboxylic acids is 1. The standard InChI is InChI=1S/C14H16ClNO4/c15-9-5-6-12(17)11(7-9)14(20)16(8-13(18)19)10-3-1-2-4-10/h5-7,10,17H,1-4,8H2,(H,18,19). The number of carbonyl (C=O) groups is 2. The van der Waals surface area contributed by atoms with Crippen LogP contribution in [0.4, 0.5) is 0 Å². The molecule has 5 nitrogen and oxygen atoms in total. The van der Waals surface area contributed by atoms with Gasteiger partial charge in [-0.15, -0.1) is 0 Å². The molecule has 0 unspecified atom stereocenters. The number of aromatic hydroxyl groups is 1. The maximum atomic E-state index is 12.5. The van der Waals surface area contributed by atoms with Gasteiger partial charge in [-0.2, -0.15) is 0 Å². The van der Waals surface area contributed by atoms with E-state index in [-0.39, 0.29) is 23.9 Å². The average molecular weight is 298 g/mol. The van der Waals surface area contributed by atoms with E-state index in [1.165, 1.54) is 23.1 Å². The van der Waals surface area contributed by atoms with Crippen molar-refractivity contribution in [3.05, 3.63) is 28.8 Å². The topological polar surface area (TPSA) is 77.8 Å². The summed E-state index contributed by atoms with van der Waals surface area (Å²) in [4.78, 5) is 24.8. The Bertz CT molecular complexity index is 526. The quantitative estimate of drug-likeness (QED) is 0.895. The van der Waals surface area contributed by atoms with E-state index in [4.69, 9.17) is 16.7 Å². The summed E-state index contributed by atoms with van der Waals surface area (Å²) in [6.07, 6.45) is 3.55. The first kappa shape index (κ1) is 14.7. The summed E-state index contributed by atoms with van der Waals surface area (Å²) >= 11 is 5.83. The van der Waals surface area contributed by atoms with E-state index < -0.39 is 11.9 Å². The Morgan fingerprint density at radius 3 is 2.55 bits per heavy atom. The molecule has 2 N–H and O–H groups in total. The number of carboxylic acid groups (broad SMARTS) is 1. The molecule has 2 rings (SSSR count). The number of hydrogen-bond donors (Lipinski definition) is 2. The van der Waals surface area contributed by atoms with Gasteiger partial charge in [0, 0.05) is 11.1 Å². The van der Waals surface area contributed by atoms with Gasteiger partial charge in [0.25, 0.3) is 5.91 Å². The number of nitrogens with zero attached hydrogens (tertiary/aromatic N) is 1. The Kier molecular flexibility index (Phi) is 4.49. The second kappa shape index (κ2) is 6.13. The Morgan fingerprint density at radius 2 is 1.95 bits per heavy atom. The van der Waals surface area contributed by atoms with Crippen LogP contribution in [-0.2, 0) is 4.79 Å². The smallest absolute Gasteiger partial charge is 0.323 e. The lowest BCUT2D eigenvalue weighted by atomic mass is 10.1. The second-order valence-corrected chi connectivity index (χ2v) is 5.36. The van der Waals surface area contributed by atoms with Gasteiger partial charge in [-0.05, 0) is 31.0 Å². The molecule has 0 aliphatic heterocycles. The van der Waals surface area contributed by atoms with E-state index in [1.807, 2.05) is 0 Å². The average Bonchev–Trinajstić information content (AvgIpc) is 2.91. The molecule has 0 heterocycles. The summed E-state index contributed by atoms with van der Waals surface area (Å²) in [5, 5.41) is 19.1. The largest absolute Gasteiger partial charge is 0.507 e. The van der Waals surface area contributed by atoms with Crippen molar-refractivity contribution in [1.29, 1.82) is 0 Å². The minimum Gasteiger partial charge on any atom is -0.507 e. The van der Waals surface area contributed by atoms with Crippen LogP contribution in [0.1, 0.15) is 36.0 Å². The molecule has 1 aromatic rings. The normalized spacial score (nSPS) is 15.2. The molecule has 108 valence electrons. The van der Waals surface area contributed by atoms with Gasteiger partial charge in [-0.1, -0.05) is 24.4 Å². The van der Waals surface area contributed by atoms with Crippen molar-refractivity contribution in [2.24, 2.45) is 0 Å². The van der Waals surface area contributed by atoms with Crippen molar-refractivity contribution in [2.45, 2.75) is 31.7 Å². The molecular weight excluding hydrogens is 282 g/mol. The third-order valence-electron chi connectivity index (χ3n) is 3.52. The predicted molar refractivity (Wildman–Crippen MR) is 74.0 cm³/mol. The predicted octanol–water partition coefficient (Wildman–Crippen LogP) is 2.52. The maximum absolute atomic E-state index is 12.5. The zero-order valence-corrected chi connectivity index (χ0v) is 11.6. The molecule has 1 aliphatic rings. The summed E-state index contributed by atoms with van der Waals surface area (Å²) in [5.74, 6) is -1.74. The minimum absolute atomic E-state index is 0.0469. The van der Waals surface area contributed by atoms with Gasteiger partial charge in [0.05, 0.1) is 5.56 Å². The molecule has 1 aromatic carbocycles. The summed E-state index contributed by atoms with van der Waals surface area (Å²) in [5.41, 5.74) is 0.0469. The molecule has 1 amide bonds. The fraction of sp³-hybridized carbons (Fsp3) is 0.429. The van der Waals surface area contributed by atoms with Crippen LogP contribution in [0.15, 0.2) is 18.2 Å². The molecule has 0 atom stereocenters. The van der Waals surface area contributed by atoms with Crippen molar-refractivity contribution in [2.75, 3.05) is 6.54 Å². The number of hydrogen-bond acceptors (Lipinski definition) is 3. The van der Waals surface area contributed by atoms with Crippen molar-refractivity contribution in [1.82, 2.24) is 4.90 Å². The first-order valence-corrected chi connectivity index (χ1v) is 6.88. The molecule has 0 aromatic heterocycles. The summed E-state index contributed by atoms with van der Waals surface area (Å²) < 4.78 is 0. The van der Waals surface area contributed by atoms with Crippen LogP contribution >= 0.6 is 11.6 Å². The number of amides is 1. The van der Waals surface area contributed by atoms with Crippen molar-refractivity contribution in [3.63, 3.8) is 0 Å². The SMILES string of the molecule is O=C(O)CN(C(=O)c1cc(Cl)ccc1O)C1CCCC1. The van der Waals surface area contributed by atoms with Gasteiger partial charge in [-0.3, -0.25) is 9.59 Å². The molecule has 0 spiro atoms. The number of halogens is 1. The van der Waals surface area contributed by atoms with E-state index in [0.717, 1.165) is 25.7 Å². The van der Waals surface area contributed by atoms with E-state index in [2.05, 4.69) is 0 Å². The Hall–Kier alpha value is -1.75. The highest BCUT2D eigenvalue weighted by atomic mass is 35.5. The molecule has 0 radical (unpaired) electrons. The number of carbonyl (C=O) groups excluding carboxylic acids is 1. The molecule has 1 fully saturated rings. The fourth-order valence-electron chi connectivity index (χ4n) is 2.56. The van der Waals surface area contributed by atoms with Crippen LogP contribution in [0.5, 0.6) is 5.75 Å². The maximum Gasteiger partial charge on any atom is 0.323 e. The zero-order chi connectivity index (χ0) is 14.7. The Morgan fingerprint density at radius 1 is 1.30 bits per heavy atom. The molecule has 20 heavy (non-hydrogen) atoms. The lowest BCUT2D eigenvalue weighted by molar-refractivity contribution is -0.138. The monoisotopic (exact) mass is 297 g/mol. The van der Waals surface area contributed by atoms with Crippen LogP contribution in [0.2, 0.25) is 5.02 Å². The zero-order valence-electron chi connectivity index (χ0n) is 10.9. The van der Waals surface area contributed by atoms with Gasteiger partial charge < -0.3 is 15.1 Å². The van der Waals surface area contributed by atoms with E-state index >= 15 is 0 Å². The van der Waals surface area contributed by atoms with Gasteiger partial charge in [0.15, 0.2) is 0 Å². The highest BCUT2D eigenvalue weighted by Crippen LogP contribution is 2.28. The number of phenolic OH excluding ortho intramolecular Hbond substituents is 1. The lowest BCUT2D eigenvalue weighted by Crippen LogP contribution is -2.42. The summed E-state index contributed by atoms with van der Waals surface area (Å²) in [7, 11) is 0. The van der Waals surface area contributed by atoms with Crippen LogP contribution in [-0.4, -0.2) is 39.6 Å². The number of aliphatic carboxylic acids is 1. The van der Waals surface area contributed by atoms with Crippen LogP contribution in [0.25, 0.3) is 0 Å². The lowest BCUT2D eigenvalue weighted by Gasteiger charge is -2.27. The van der Waals surface area contributed by atoms with Crippen molar-refractivity contribution >= 4 is 23.5 Å². The Balaban J connectivity index is 2.29. The third kappa shape index (κ3) is 3.22. The van der Waals surface area contributed by atoms with Crippen LogP contribution in [0, 0.1) is 0 Å². The number of rotatable bonds is 4. The fourth-order valence-corrected chi connectivity index (χ4v) is 2.73. The van der Waals surface area contributed by atoms with E-state index in [0.29, 0.717) is 5.02 Å². The first-order valence-electron chi connectivity index (χ1n) is 6.50.